The summed E-state index contributed by atoms with van der Waals surface area (Å²) in [4.78, 5) is 34.8. The van der Waals surface area contributed by atoms with E-state index in [-0.39, 0.29) is 11.7 Å². The van der Waals surface area contributed by atoms with Crippen molar-refractivity contribution in [2.45, 2.75) is 25.6 Å². The van der Waals surface area contributed by atoms with Crippen LogP contribution in [0, 0.1) is 0 Å². The number of anilines is 1. The van der Waals surface area contributed by atoms with Crippen LogP contribution in [0.5, 0.6) is 0 Å². The average Bonchev–Trinajstić information content (AvgIpc) is 3.32. The van der Waals surface area contributed by atoms with E-state index in [0.717, 1.165) is 5.56 Å². The largest absolute Gasteiger partial charge is 0.337 e. The number of amides is 2. The zero-order chi connectivity index (χ0) is 18.8. The van der Waals surface area contributed by atoms with Gasteiger partial charge in [0.2, 0.25) is 5.82 Å². The first kappa shape index (κ1) is 17.0. The molecule has 1 atom stereocenters. The summed E-state index contributed by atoms with van der Waals surface area (Å²) in [7, 11) is 1.67. The summed E-state index contributed by atoms with van der Waals surface area (Å²) < 4.78 is 3.49. The second kappa shape index (κ2) is 7.02. The molecule has 1 unspecified atom stereocenters. The lowest BCUT2D eigenvalue weighted by Crippen LogP contribution is -2.47. The number of hydrogen-bond donors (Lipinski definition) is 1. The molecule has 1 aliphatic heterocycles. The molecule has 3 heterocycles. The van der Waals surface area contributed by atoms with Crippen LogP contribution in [-0.4, -0.2) is 49.2 Å². The van der Waals surface area contributed by atoms with Gasteiger partial charge in [0, 0.05) is 13.6 Å². The third kappa shape index (κ3) is 3.43. The molecule has 9 nitrogen and oxygen atoms in total. The topological polar surface area (TPSA) is 97.9 Å². The lowest BCUT2D eigenvalue weighted by Gasteiger charge is -2.19. The fourth-order valence-electron chi connectivity index (χ4n) is 3.11. The van der Waals surface area contributed by atoms with E-state index in [9.17, 15) is 9.59 Å². The highest BCUT2D eigenvalue weighted by molar-refractivity contribution is 6.00. The number of hydrogen-bond acceptors (Lipinski definition) is 5. The van der Waals surface area contributed by atoms with Crippen LogP contribution in [0.4, 0.5) is 5.82 Å². The third-order valence-corrected chi connectivity index (χ3v) is 4.55. The van der Waals surface area contributed by atoms with Gasteiger partial charge in [-0.3, -0.25) is 14.5 Å². The van der Waals surface area contributed by atoms with E-state index in [2.05, 4.69) is 20.4 Å². The molecule has 0 fully saturated rings. The van der Waals surface area contributed by atoms with Crippen LogP contribution in [0.3, 0.4) is 0 Å². The summed E-state index contributed by atoms with van der Waals surface area (Å²) in [6.07, 6.45) is 5.30. The molecule has 2 amide bonds. The van der Waals surface area contributed by atoms with E-state index in [4.69, 9.17) is 0 Å². The van der Waals surface area contributed by atoms with Crippen molar-refractivity contribution in [2.75, 3.05) is 11.9 Å². The Morgan fingerprint density at radius 2 is 2.07 bits per heavy atom. The van der Waals surface area contributed by atoms with Gasteiger partial charge in [0.25, 0.3) is 11.8 Å². The molecule has 2 aromatic heterocycles. The highest BCUT2D eigenvalue weighted by Crippen LogP contribution is 2.19. The van der Waals surface area contributed by atoms with Gasteiger partial charge < -0.3 is 9.88 Å². The quantitative estimate of drug-likeness (QED) is 0.733. The summed E-state index contributed by atoms with van der Waals surface area (Å²) in [6.45, 7) is 1.11. The van der Waals surface area contributed by atoms with Gasteiger partial charge in [-0.2, -0.15) is 0 Å². The second-order valence-corrected chi connectivity index (χ2v) is 6.41. The first-order valence-corrected chi connectivity index (χ1v) is 8.64. The molecule has 0 saturated heterocycles. The van der Waals surface area contributed by atoms with Crippen LogP contribution >= 0.6 is 0 Å². The summed E-state index contributed by atoms with van der Waals surface area (Å²) in [6, 6.07) is 9.15. The highest BCUT2D eigenvalue weighted by atomic mass is 16.2. The summed E-state index contributed by atoms with van der Waals surface area (Å²) >= 11 is 0. The van der Waals surface area contributed by atoms with E-state index in [1.165, 1.54) is 11.2 Å². The molecular weight excluding hydrogens is 346 g/mol. The van der Waals surface area contributed by atoms with E-state index in [1.54, 1.807) is 24.3 Å². The van der Waals surface area contributed by atoms with Crippen molar-refractivity contribution in [3.63, 3.8) is 0 Å². The number of nitrogens with one attached hydrogen (secondary N) is 1. The van der Waals surface area contributed by atoms with E-state index in [1.807, 2.05) is 34.9 Å². The Morgan fingerprint density at radius 1 is 1.26 bits per heavy atom. The molecule has 4 rings (SSSR count). The first-order chi connectivity index (χ1) is 13.1. The van der Waals surface area contributed by atoms with Gasteiger partial charge in [-0.05, 0) is 12.0 Å². The number of nitrogens with zero attached hydrogens (tertiary/aromatic N) is 6. The first-order valence-electron chi connectivity index (χ1n) is 8.64. The standard InChI is InChI=1S/C18H19N7O2/c1-23-15-9-19-11-24(15)8-7-14(18(23)27)21-17(26)16-20-12-25(22-16)10-13-5-3-2-4-6-13/h2-6,9,11-12,14H,7-8,10H2,1H3,(H,21,26). The molecule has 9 heteroatoms. The molecule has 27 heavy (non-hydrogen) atoms. The van der Waals surface area contributed by atoms with Crippen molar-refractivity contribution in [2.24, 2.45) is 0 Å². The molecule has 0 aliphatic carbocycles. The van der Waals surface area contributed by atoms with E-state index >= 15 is 0 Å². The number of aromatic nitrogens is 5. The summed E-state index contributed by atoms with van der Waals surface area (Å²) in [5, 5.41) is 6.98. The van der Waals surface area contributed by atoms with Gasteiger partial charge in [-0.15, -0.1) is 5.10 Å². The molecular formula is C18H19N7O2. The van der Waals surface area contributed by atoms with Gasteiger partial charge in [0.05, 0.1) is 19.1 Å². The normalized spacial score (nSPS) is 16.7. The molecule has 0 saturated carbocycles. The SMILES string of the molecule is CN1C(=O)C(NC(=O)c2ncn(Cc3ccccc3)n2)CCn2cncc21. The van der Waals surface area contributed by atoms with Crippen LogP contribution in [-0.2, 0) is 17.9 Å². The molecule has 1 aliphatic rings. The fraction of sp³-hybridized carbons (Fsp3) is 0.278. The van der Waals surface area contributed by atoms with Crippen LogP contribution in [0.15, 0.2) is 49.2 Å². The lowest BCUT2D eigenvalue weighted by atomic mass is 10.2. The van der Waals surface area contributed by atoms with Crippen molar-refractivity contribution in [1.82, 2.24) is 29.6 Å². The van der Waals surface area contributed by atoms with Crippen LogP contribution < -0.4 is 10.2 Å². The zero-order valence-corrected chi connectivity index (χ0v) is 14.8. The van der Waals surface area contributed by atoms with Crippen molar-refractivity contribution in [1.29, 1.82) is 0 Å². The molecule has 0 spiro atoms. The Kier molecular flexibility index (Phi) is 4.41. The van der Waals surface area contributed by atoms with Gasteiger partial charge in [0.1, 0.15) is 18.2 Å². The van der Waals surface area contributed by atoms with Crippen molar-refractivity contribution in [3.8, 4) is 0 Å². The Balaban J connectivity index is 1.43. The van der Waals surface area contributed by atoms with Gasteiger partial charge in [0.15, 0.2) is 0 Å². The number of likely N-dealkylation sites (N-methyl/N-ethyl adjacent to an activating group) is 1. The van der Waals surface area contributed by atoms with Crippen LogP contribution in [0.2, 0.25) is 0 Å². The van der Waals surface area contributed by atoms with Gasteiger partial charge in [-0.25, -0.2) is 14.6 Å². The number of carbonyl (C=O) groups is 2. The van der Waals surface area contributed by atoms with Crippen molar-refractivity contribution >= 4 is 17.6 Å². The minimum absolute atomic E-state index is 0.0481. The number of rotatable bonds is 4. The highest BCUT2D eigenvalue weighted by Gasteiger charge is 2.30. The Morgan fingerprint density at radius 3 is 2.89 bits per heavy atom. The third-order valence-electron chi connectivity index (χ3n) is 4.55. The minimum Gasteiger partial charge on any atom is -0.337 e. The van der Waals surface area contributed by atoms with E-state index < -0.39 is 11.9 Å². The number of fused-ring (bicyclic) bond motifs is 1. The monoisotopic (exact) mass is 365 g/mol. The molecule has 138 valence electrons. The smallest absolute Gasteiger partial charge is 0.291 e. The number of benzene rings is 1. The molecule has 1 aromatic carbocycles. The zero-order valence-electron chi connectivity index (χ0n) is 14.8. The Labute approximate surface area is 155 Å². The molecule has 0 radical (unpaired) electrons. The lowest BCUT2D eigenvalue weighted by molar-refractivity contribution is -0.120. The molecule has 3 aromatic rings. The predicted molar refractivity (Wildman–Crippen MR) is 97.1 cm³/mol. The second-order valence-electron chi connectivity index (χ2n) is 6.41. The van der Waals surface area contributed by atoms with Gasteiger partial charge >= 0.3 is 0 Å². The maximum atomic E-state index is 12.6. The minimum atomic E-state index is -0.636. The van der Waals surface area contributed by atoms with E-state index in [0.29, 0.717) is 25.3 Å². The number of carbonyl (C=O) groups excluding carboxylic acids is 2. The summed E-state index contributed by atoms with van der Waals surface area (Å²) in [5.74, 6) is 0.110. The fourth-order valence-corrected chi connectivity index (χ4v) is 3.11. The van der Waals surface area contributed by atoms with Crippen molar-refractivity contribution in [3.05, 3.63) is 60.6 Å². The summed E-state index contributed by atoms with van der Waals surface area (Å²) in [5.41, 5.74) is 1.06. The number of aryl methyl sites for hydroxylation is 1. The predicted octanol–water partition coefficient (Wildman–Crippen LogP) is 0.688. The van der Waals surface area contributed by atoms with Crippen LogP contribution in [0.1, 0.15) is 22.6 Å². The van der Waals surface area contributed by atoms with Crippen LogP contribution in [0.25, 0.3) is 0 Å². The number of imidazole rings is 1. The molecule has 0 bridgehead atoms. The molecule has 1 N–H and O–H groups in total. The maximum absolute atomic E-state index is 12.6. The Hall–Kier alpha value is -3.49. The Bertz CT molecular complexity index is 963. The van der Waals surface area contributed by atoms with Gasteiger partial charge in [-0.1, -0.05) is 30.3 Å². The van der Waals surface area contributed by atoms with Crippen molar-refractivity contribution < 1.29 is 9.59 Å². The maximum Gasteiger partial charge on any atom is 0.291 e. The average molecular weight is 365 g/mol.